The van der Waals surface area contributed by atoms with Crippen molar-refractivity contribution in [2.24, 2.45) is 0 Å². The lowest BCUT2D eigenvalue weighted by Crippen LogP contribution is -2.06. The van der Waals surface area contributed by atoms with Gasteiger partial charge in [0.05, 0.1) is 19.0 Å². The molecule has 2 rings (SSSR count). The van der Waals surface area contributed by atoms with Gasteiger partial charge in [0.2, 0.25) is 11.6 Å². The Morgan fingerprint density at radius 2 is 2.16 bits per heavy atom. The number of aromatic nitrogens is 2. The fourth-order valence-corrected chi connectivity index (χ4v) is 2.04. The number of benzene rings is 1. The smallest absolute Gasteiger partial charge is 0.360 e. The molecule has 0 saturated heterocycles. The molecule has 2 aromatic rings. The summed E-state index contributed by atoms with van der Waals surface area (Å²) in [6, 6.07) is 5.70. The van der Waals surface area contributed by atoms with Crippen molar-refractivity contribution in [2.75, 3.05) is 7.11 Å². The highest BCUT2D eigenvalue weighted by molar-refractivity contribution is 9.10. The summed E-state index contributed by atoms with van der Waals surface area (Å²) in [6.45, 7) is 1.94. The molecule has 5 nitrogen and oxygen atoms in total. The summed E-state index contributed by atoms with van der Waals surface area (Å²) in [7, 11) is 1.37. The fraction of sp³-hybridized carbons (Fsp3) is 0.154. The van der Waals surface area contributed by atoms with Crippen molar-refractivity contribution in [3.05, 3.63) is 40.1 Å². The van der Waals surface area contributed by atoms with E-state index in [0.29, 0.717) is 5.69 Å². The number of ether oxygens (including phenoxy) is 1. The van der Waals surface area contributed by atoms with Crippen LogP contribution in [0.1, 0.15) is 16.1 Å². The number of carbonyl (C=O) groups is 1. The Labute approximate surface area is 118 Å². The van der Waals surface area contributed by atoms with Gasteiger partial charge in [-0.1, -0.05) is 28.1 Å². The summed E-state index contributed by atoms with van der Waals surface area (Å²) >= 11 is 3.44. The van der Waals surface area contributed by atoms with Gasteiger partial charge in [0.1, 0.15) is 0 Å². The minimum absolute atomic E-state index is 0.00405. The first-order valence-corrected chi connectivity index (χ1v) is 6.23. The van der Waals surface area contributed by atoms with Crippen LogP contribution in [0.5, 0.6) is 5.88 Å². The molecular weight excluding hydrogens is 312 g/mol. The molecule has 0 aliphatic heterocycles. The van der Waals surface area contributed by atoms with Gasteiger partial charge in [0.25, 0.3) is 0 Å². The first-order valence-electron chi connectivity index (χ1n) is 5.44. The first kappa shape index (κ1) is 13.5. The molecule has 98 valence electrons. The van der Waals surface area contributed by atoms with Gasteiger partial charge < -0.3 is 9.84 Å². The maximum Gasteiger partial charge on any atom is 0.360 e. The fourth-order valence-electron chi connectivity index (χ4n) is 1.68. The normalized spacial score (nSPS) is 10.3. The second-order valence-corrected chi connectivity index (χ2v) is 4.69. The summed E-state index contributed by atoms with van der Waals surface area (Å²) < 4.78 is 5.92. The van der Waals surface area contributed by atoms with E-state index in [1.54, 1.807) is 0 Å². The van der Waals surface area contributed by atoms with E-state index in [1.165, 1.54) is 13.3 Å². The molecule has 0 aliphatic carbocycles. The summed E-state index contributed by atoms with van der Waals surface area (Å²) in [5, 5.41) is 8.97. The zero-order valence-electron chi connectivity index (χ0n) is 10.3. The van der Waals surface area contributed by atoms with Gasteiger partial charge in [-0.2, -0.15) is 0 Å². The van der Waals surface area contributed by atoms with Crippen molar-refractivity contribution in [3.63, 3.8) is 0 Å². The Kier molecular flexibility index (Phi) is 3.80. The topological polar surface area (TPSA) is 72.3 Å². The van der Waals surface area contributed by atoms with E-state index in [1.807, 2.05) is 25.1 Å². The monoisotopic (exact) mass is 322 g/mol. The lowest BCUT2D eigenvalue weighted by molar-refractivity contribution is 0.0685. The van der Waals surface area contributed by atoms with E-state index in [2.05, 4.69) is 25.9 Å². The second-order valence-electron chi connectivity index (χ2n) is 3.83. The molecule has 0 fully saturated rings. The van der Waals surface area contributed by atoms with Crippen LogP contribution in [0.15, 0.2) is 28.9 Å². The number of carboxylic acids is 1. The molecule has 0 aliphatic rings. The van der Waals surface area contributed by atoms with Crippen LogP contribution in [-0.2, 0) is 0 Å². The van der Waals surface area contributed by atoms with Crippen LogP contribution < -0.4 is 4.74 Å². The molecule has 1 heterocycles. The van der Waals surface area contributed by atoms with E-state index < -0.39 is 5.97 Å². The highest BCUT2D eigenvalue weighted by Gasteiger charge is 2.16. The van der Waals surface area contributed by atoms with Gasteiger partial charge in [-0.15, -0.1) is 0 Å². The molecule has 1 aromatic heterocycles. The Hall–Kier alpha value is -1.95. The average Bonchev–Trinajstić information content (AvgIpc) is 2.41. The lowest BCUT2D eigenvalue weighted by atomic mass is 10.1. The van der Waals surface area contributed by atoms with Crippen molar-refractivity contribution in [2.45, 2.75) is 6.92 Å². The standard InChI is InChI=1S/C13H11BrN2O3/c1-7-8(4-3-5-9(7)14)10-6-15-11(13(17)18)12(16-10)19-2/h3-6H,1-2H3,(H,17,18). The number of nitrogens with zero attached hydrogens (tertiary/aromatic N) is 2. The zero-order chi connectivity index (χ0) is 14.0. The maximum absolute atomic E-state index is 11.0. The van der Waals surface area contributed by atoms with Crippen LogP contribution in [0.25, 0.3) is 11.3 Å². The van der Waals surface area contributed by atoms with Crippen LogP contribution in [-0.4, -0.2) is 28.2 Å². The quantitative estimate of drug-likeness (QED) is 0.940. The van der Waals surface area contributed by atoms with Crippen LogP contribution >= 0.6 is 15.9 Å². The molecule has 0 amide bonds. The Balaban J connectivity index is 2.58. The van der Waals surface area contributed by atoms with Crippen LogP contribution in [0, 0.1) is 6.92 Å². The van der Waals surface area contributed by atoms with Crippen molar-refractivity contribution in [3.8, 4) is 17.1 Å². The molecule has 0 bridgehead atoms. The van der Waals surface area contributed by atoms with Crippen molar-refractivity contribution < 1.29 is 14.6 Å². The molecule has 0 spiro atoms. The largest absolute Gasteiger partial charge is 0.479 e. The van der Waals surface area contributed by atoms with Gasteiger partial charge >= 0.3 is 5.97 Å². The minimum atomic E-state index is -1.16. The third-order valence-electron chi connectivity index (χ3n) is 2.68. The Bertz CT molecular complexity index is 644. The van der Waals surface area contributed by atoms with Gasteiger partial charge in [0, 0.05) is 10.0 Å². The van der Waals surface area contributed by atoms with Gasteiger partial charge in [-0.3, -0.25) is 0 Å². The number of hydrogen-bond acceptors (Lipinski definition) is 4. The van der Waals surface area contributed by atoms with Gasteiger partial charge in [-0.25, -0.2) is 14.8 Å². The molecule has 0 atom stereocenters. The Morgan fingerprint density at radius 3 is 2.79 bits per heavy atom. The van der Waals surface area contributed by atoms with Gasteiger partial charge in [0.15, 0.2) is 0 Å². The van der Waals surface area contributed by atoms with Crippen molar-refractivity contribution in [1.82, 2.24) is 9.97 Å². The molecule has 0 radical (unpaired) electrons. The van der Waals surface area contributed by atoms with Crippen molar-refractivity contribution >= 4 is 21.9 Å². The van der Waals surface area contributed by atoms with E-state index in [4.69, 9.17) is 9.84 Å². The average molecular weight is 323 g/mol. The maximum atomic E-state index is 11.0. The summed E-state index contributed by atoms with van der Waals surface area (Å²) in [4.78, 5) is 19.1. The highest BCUT2D eigenvalue weighted by atomic mass is 79.9. The van der Waals surface area contributed by atoms with E-state index >= 15 is 0 Å². The predicted molar refractivity (Wildman–Crippen MR) is 73.4 cm³/mol. The zero-order valence-corrected chi connectivity index (χ0v) is 11.9. The third kappa shape index (κ3) is 2.58. The summed E-state index contributed by atoms with van der Waals surface area (Å²) in [6.07, 6.45) is 1.43. The number of rotatable bonds is 3. The molecule has 0 saturated carbocycles. The molecule has 6 heteroatoms. The molecular formula is C13H11BrN2O3. The number of carboxylic acid groups (broad SMARTS) is 1. The molecule has 19 heavy (non-hydrogen) atoms. The third-order valence-corrected chi connectivity index (χ3v) is 3.54. The summed E-state index contributed by atoms with van der Waals surface area (Å²) in [5.41, 5.74) is 2.25. The number of hydrogen-bond donors (Lipinski definition) is 1. The molecule has 1 aromatic carbocycles. The van der Waals surface area contributed by atoms with Crippen LogP contribution in [0.2, 0.25) is 0 Å². The molecule has 1 N–H and O–H groups in total. The van der Waals surface area contributed by atoms with E-state index in [9.17, 15) is 4.79 Å². The van der Waals surface area contributed by atoms with Crippen molar-refractivity contribution in [1.29, 1.82) is 0 Å². The number of aromatic carboxylic acids is 1. The highest BCUT2D eigenvalue weighted by Crippen LogP contribution is 2.28. The first-order chi connectivity index (χ1) is 9.04. The minimum Gasteiger partial charge on any atom is -0.479 e. The van der Waals surface area contributed by atoms with Gasteiger partial charge in [-0.05, 0) is 18.6 Å². The lowest BCUT2D eigenvalue weighted by Gasteiger charge is -2.09. The SMILES string of the molecule is COc1nc(-c2cccc(Br)c2C)cnc1C(=O)O. The summed E-state index contributed by atoms with van der Waals surface area (Å²) in [5.74, 6) is -1.16. The predicted octanol–water partition coefficient (Wildman–Crippen LogP) is 2.92. The second kappa shape index (κ2) is 5.36. The number of methoxy groups -OCH3 is 1. The van der Waals surface area contributed by atoms with Crippen LogP contribution in [0.4, 0.5) is 0 Å². The Morgan fingerprint density at radius 1 is 1.42 bits per heavy atom. The van der Waals surface area contributed by atoms with E-state index in [0.717, 1.165) is 15.6 Å². The van der Waals surface area contributed by atoms with Crippen LogP contribution in [0.3, 0.4) is 0 Å². The van der Waals surface area contributed by atoms with E-state index in [-0.39, 0.29) is 11.6 Å². The number of halogens is 1. The molecule has 0 unspecified atom stereocenters.